The van der Waals surface area contributed by atoms with Crippen LogP contribution in [0.5, 0.6) is 0 Å². The Balaban J connectivity index is 1.27. The van der Waals surface area contributed by atoms with Crippen LogP contribution in [0.4, 0.5) is 0 Å². The van der Waals surface area contributed by atoms with Crippen LogP contribution in [0.1, 0.15) is 145 Å². The molecule has 0 saturated heterocycles. The summed E-state index contributed by atoms with van der Waals surface area (Å²) in [6.45, 7) is 21.4. The molecule has 1 amide bonds. The van der Waals surface area contributed by atoms with E-state index in [1.807, 2.05) is 6.92 Å². The number of carbonyl (C=O) groups is 4. The van der Waals surface area contributed by atoms with E-state index in [-0.39, 0.29) is 63.8 Å². The van der Waals surface area contributed by atoms with E-state index in [1.54, 1.807) is 38.4 Å². The fraction of sp³-hybridized carbons (Fsp3) is 0.727. The number of amides is 1. The number of Topliss-reactive ketones (excluding diaryl/α,β-unsaturated/α-hetero) is 1. The van der Waals surface area contributed by atoms with Crippen LogP contribution in [-0.2, 0) is 23.9 Å². The number of hydrogen-bond acceptors (Lipinski definition) is 7. The Bertz CT molecular complexity index is 1710. The monoisotopic (exact) mass is 729 g/mol. The van der Waals surface area contributed by atoms with Crippen LogP contribution in [0.3, 0.4) is 0 Å². The number of aliphatic carboxylic acids is 1. The Labute approximate surface area is 316 Å². The Hall–Kier alpha value is -3.36. The number of allylic oxidation sites excluding steroid dienone is 3. The average molecular weight is 730 g/mol. The van der Waals surface area contributed by atoms with E-state index in [0.29, 0.717) is 24.1 Å². The van der Waals surface area contributed by atoms with E-state index >= 15 is 0 Å². The SMILES string of the molecule is CC(C)C1=C2C3CCC4C5(C)CCC(OC(=O)CC(C)(C)C(=O)O)C(C)(C)C5CCC4(C)C3(C)CCC2(C=CC(=O)NC(C)c2ncccn2)CC1=O. The lowest BCUT2D eigenvalue weighted by Gasteiger charge is -2.72. The van der Waals surface area contributed by atoms with Crippen molar-refractivity contribution in [1.82, 2.24) is 15.3 Å². The molecule has 4 fully saturated rings. The number of carboxylic acids is 1. The lowest BCUT2D eigenvalue weighted by molar-refractivity contribution is -0.232. The van der Waals surface area contributed by atoms with E-state index in [2.05, 4.69) is 69.8 Å². The second kappa shape index (κ2) is 13.4. The molecule has 4 saturated carbocycles. The maximum atomic E-state index is 14.0. The molecule has 9 atom stereocenters. The van der Waals surface area contributed by atoms with Crippen LogP contribution in [-0.4, -0.2) is 44.8 Å². The summed E-state index contributed by atoms with van der Waals surface area (Å²) in [4.78, 5) is 60.7. The van der Waals surface area contributed by atoms with Crippen LogP contribution in [0.2, 0.25) is 0 Å². The molecule has 6 rings (SSSR count). The van der Waals surface area contributed by atoms with Gasteiger partial charge in [-0.25, -0.2) is 9.97 Å². The zero-order valence-electron chi connectivity index (χ0n) is 33.8. The van der Waals surface area contributed by atoms with Gasteiger partial charge in [-0.15, -0.1) is 0 Å². The number of esters is 1. The minimum absolute atomic E-state index is 0.0153. The van der Waals surface area contributed by atoms with Gasteiger partial charge in [0.15, 0.2) is 5.78 Å². The standard InChI is InChI=1S/C44H63N3O6/c1-26(2)35-29(48)24-44(19-16-33(49)47-27(3)37-45-22-11-23-46-37)21-20-42(9)28(36(35)44)12-13-31-41(8)17-15-32(53-34(50)25-39(4,5)38(51)52)40(6,7)30(41)14-18-43(31,42)10/h11,16,19,22-23,26-28,30-32H,12-15,17-18,20-21,24-25H2,1-10H3,(H,47,49)(H,51,52). The molecule has 0 aliphatic heterocycles. The van der Waals surface area contributed by atoms with Crippen molar-refractivity contribution in [1.29, 1.82) is 0 Å². The molecule has 5 aliphatic rings. The summed E-state index contributed by atoms with van der Waals surface area (Å²) in [5.74, 6) is 0.381. The van der Waals surface area contributed by atoms with Gasteiger partial charge in [-0.1, -0.05) is 54.5 Å². The highest BCUT2D eigenvalue weighted by Gasteiger charge is 2.70. The Morgan fingerprint density at radius 1 is 0.943 bits per heavy atom. The largest absolute Gasteiger partial charge is 0.481 e. The van der Waals surface area contributed by atoms with Crippen molar-refractivity contribution in [3.63, 3.8) is 0 Å². The van der Waals surface area contributed by atoms with Gasteiger partial charge in [-0.2, -0.15) is 0 Å². The number of ether oxygens (including phenoxy) is 1. The fourth-order valence-electron chi connectivity index (χ4n) is 12.8. The molecule has 0 bridgehead atoms. The molecule has 290 valence electrons. The highest BCUT2D eigenvalue weighted by atomic mass is 16.5. The second-order valence-corrected chi connectivity index (χ2v) is 19.7. The fourth-order valence-corrected chi connectivity index (χ4v) is 12.8. The number of nitrogens with one attached hydrogen (secondary N) is 1. The van der Waals surface area contributed by atoms with Gasteiger partial charge in [0, 0.05) is 29.6 Å². The van der Waals surface area contributed by atoms with E-state index in [1.165, 1.54) is 5.57 Å². The third-order valence-electron chi connectivity index (χ3n) is 15.7. The maximum Gasteiger partial charge on any atom is 0.309 e. The molecule has 9 unspecified atom stereocenters. The molecular formula is C44H63N3O6. The van der Waals surface area contributed by atoms with Gasteiger partial charge in [0.05, 0.1) is 17.9 Å². The number of hydrogen-bond donors (Lipinski definition) is 2. The maximum absolute atomic E-state index is 14.0. The number of aromatic nitrogens is 2. The third kappa shape index (κ3) is 6.30. The second-order valence-electron chi connectivity index (χ2n) is 19.7. The minimum Gasteiger partial charge on any atom is -0.481 e. The first-order valence-electron chi connectivity index (χ1n) is 20.1. The van der Waals surface area contributed by atoms with Gasteiger partial charge in [0.1, 0.15) is 11.9 Å². The van der Waals surface area contributed by atoms with Crippen molar-refractivity contribution in [3.05, 3.63) is 47.6 Å². The number of carbonyl (C=O) groups excluding carboxylic acids is 3. The van der Waals surface area contributed by atoms with Crippen LogP contribution in [0, 0.1) is 56.2 Å². The number of fused-ring (bicyclic) bond motifs is 7. The molecule has 0 aromatic carbocycles. The van der Waals surface area contributed by atoms with Gasteiger partial charge >= 0.3 is 11.9 Å². The Kier molecular flexibility index (Phi) is 9.97. The molecule has 9 heteroatoms. The van der Waals surface area contributed by atoms with E-state index in [4.69, 9.17) is 4.74 Å². The summed E-state index contributed by atoms with van der Waals surface area (Å²) >= 11 is 0. The summed E-state index contributed by atoms with van der Waals surface area (Å²) < 4.78 is 6.16. The molecular weight excluding hydrogens is 666 g/mol. The van der Waals surface area contributed by atoms with Crippen LogP contribution >= 0.6 is 0 Å². The van der Waals surface area contributed by atoms with Crippen molar-refractivity contribution in [2.24, 2.45) is 56.2 Å². The summed E-state index contributed by atoms with van der Waals surface area (Å²) in [5, 5.41) is 12.6. The molecule has 2 N–H and O–H groups in total. The first kappa shape index (κ1) is 39.3. The molecule has 1 heterocycles. The molecule has 5 aliphatic carbocycles. The van der Waals surface area contributed by atoms with Crippen LogP contribution in [0.25, 0.3) is 0 Å². The molecule has 1 aromatic heterocycles. The first-order chi connectivity index (χ1) is 24.6. The van der Waals surface area contributed by atoms with Gasteiger partial charge in [0.2, 0.25) is 5.91 Å². The van der Waals surface area contributed by atoms with Gasteiger partial charge in [-0.05, 0) is 135 Å². The predicted octanol–water partition coefficient (Wildman–Crippen LogP) is 8.60. The summed E-state index contributed by atoms with van der Waals surface area (Å²) in [7, 11) is 0. The predicted molar refractivity (Wildman–Crippen MR) is 203 cm³/mol. The molecule has 53 heavy (non-hydrogen) atoms. The normalized spacial score (nSPS) is 37.0. The van der Waals surface area contributed by atoms with E-state index < -0.39 is 22.8 Å². The van der Waals surface area contributed by atoms with E-state index in [9.17, 15) is 24.3 Å². The van der Waals surface area contributed by atoms with Crippen LogP contribution < -0.4 is 5.32 Å². The molecule has 0 spiro atoms. The Morgan fingerprint density at radius 2 is 1.62 bits per heavy atom. The number of nitrogens with zero attached hydrogens (tertiary/aromatic N) is 2. The number of rotatable bonds is 9. The quantitative estimate of drug-likeness (QED) is 0.191. The zero-order chi connectivity index (χ0) is 38.9. The summed E-state index contributed by atoms with van der Waals surface area (Å²) in [6.07, 6.45) is 14.9. The highest BCUT2D eigenvalue weighted by Crippen LogP contribution is 2.77. The van der Waals surface area contributed by atoms with Gasteiger partial charge in [0.25, 0.3) is 0 Å². The average Bonchev–Trinajstić information content (AvgIpc) is 3.38. The summed E-state index contributed by atoms with van der Waals surface area (Å²) in [5.41, 5.74) is 0.516. The van der Waals surface area contributed by atoms with Crippen molar-refractivity contribution in [2.45, 2.75) is 146 Å². The van der Waals surface area contributed by atoms with Crippen molar-refractivity contribution < 1.29 is 29.0 Å². The molecule has 1 aromatic rings. The first-order valence-corrected chi connectivity index (χ1v) is 20.1. The lowest BCUT2D eigenvalue weighted by Crippen LogP contribution is -2.65. The topological polar surface area (TPSA) is 136 Å². The van der Waals surface area contributed by atoms with Crippen molar-refractivity contribution in [2.75, 3.05) is 0 Å². The van der Waals surface area contributed by atoms with Crippen LogP contribution in [0.15, 0.2) is 41.8 Å². The van der Waals surface area contributed by atoms with Gasteiger partial charge in [-0.3, -0.25) is 19.2 Å². The van der Waals surface area contributed by atoms with E-state index in [0.717, 1.165) is 56.9 Å². The third-order valence-corrected chi connectivity index (χ3v) is 15.7. The molecule has 9 nitrogen and oxygen atoms in total. The molecule has 0 radical (unpaired) electrons. The highest BCUT2D eigenvalue weighted by molar-refractivity contribution is 6.01. The number of carboxylic acid groups (broad SMARTS) is 1. The summed E-state index contributed by atoms with van der Waals surface area (Å²) in [6, 6.07) is 1.42. The zero-order valence-corrected chi connectivity index (χ0v) is 33.8. The Morgan fingerprint density at radius 3 is 2.26 bits per heavy atom. The smallest absolute Gasteiger partial charge is 0.309 e. The van der Waals surface area contributed by atoms with Crippen molar-refractivity contribution >= 4 is 23.6 Å². The van der Waals surface area contributed by atoms with Gasteiger partial charge < -0.3 is 15.2 Å². The van der Waals surface area contributed by atoms with Crippen molar-refractivity contribution in [3.8, 4) is 0 Å². The number of ketones is 1. The minimum atomic E-state index is -1.17. The lowest BCUT2D eigenvalue weighted by atomic mass is 9.33.